The SMILES string of the molecule is CC(=O)O.CSC.O.[Ca+2].[H-].[H-]. The van der Waals surface area contributed by atoms with E-state index in [1.807, 2.05) is 12.5 Å². The third-order valence-corrected chi connectivity index (χ3v) is 0. The summed E-state index contributed by atoms with van der Waals surface area (Å²) in [5.41, 5.74) is 0. The molecule has 56 valence electrons. The second-order valence-corrected chi connectivity index (χ2v) is 1.74. The van der Waals surface area contributed by atoms with Crippen molar-refractivity contribution in [2.75, 3.05) is 12.5 Å². The van der Waals surface area contributed by atoms with Gasteiger partial charge in [-0.15, -0.1) is 0 Å². The van der Waals surface area contributed by atoms with Gasteiger partial charge in [0, 0.05) is 6.92 Å². The first-order valence-electron chi connectivity index (χ1n) is 1.74. The van der Waals surface area contributed by atoms with Crippen LogP contribution in [0.2, 0.25) is 0 Å². The molecule has 0 aromatic rings. The number of carboxylic acids is 1. The van der Waals surface area contributed by atoms with Crippen molar-refractivity contribution in [2.24, 2.45) is 0 Å². The molecule has 3 nitrogen and oxygen atoms in total. The van der Waals surface area contributed by atoms with E-state index in [1.165, 1.54) is 0 Å². The quantitative estimate of drug-likeness (QED) is 0.540. The smallest absolute Gasteiger partial charge is 1.00 e. The molecule has 0 aromatic heterocycles. The van der Waals surface area contributed by atoms with Crippen LogP contribution in [0, 0.1) is 0 Å². The molecular weight excluding hydrogens is 168 g/mol. The first-order valence-corrected chi connectivity index (χ1v) is 3.38. The van der Waals surface area contributed by atoms with Crippen LogP contribution >= 0.6 is 11.8 Å². The van der Waals surface area contributed by atoms with Crippen molar-refractivity contribution in [1.82, 2.24) is 0 Å². The number of carboxylic acid groups (broad SMARTS) is 1. The van der Waals surface area contributed by atoms with Gasteiger partial charge in [-0.25, -0.2) is 0 Å². The van der Waals surface area contributed by atoms with Crippen molar-refractivity contribution in [3.8, 4) is 0 Å². The van der Waals surface area contributed by atoms with Crippen LogP contribution in [0.3, 0.4) is 0 Å². The van der Waals surface area contributed by atoms with Crippen LogP contribution in [0.5, 0.6) is 0 Å². The summed E-state index contributed by atoms with van der Waals surface area (Å²) in [6, 6.07) is 0. The van der Waals surface area contributed by atoms with Crippen LogP contribution in [-0.4, -0.2) is 66.8 Å². The van der Waals surface area contributed by atoms with Crippen molar-refractivity contribution in [2.45, 2.75) is 6.92 Å². The number of hydrogen-bond acceptors (Lipinski definition) is 2. The van der Waals surface area contributed by atoms with Crippen LogP contribution in [0.4, 0.5) is 0 Å². The Kier molecular flexibility index (Phi) is 57.5. The van der Waals surface area contributed by atoms with E-state index in [9.17, 15) is 0 Å². The predicted octanol–water partition coefficient (Wildman–Crippen LogP) is 0.0896. The third-order valence-electron chi connectivity index (χ3n) is 0. The molecule has 0 saturated heterocycles. The van der Waals surface area contributed by atoms with Gasteiger partial charge in [0.1, 0.15) is 0 Å². The summed E-state index contributed by atoms with van der Waals surface area (Å²) in [5, 5.41) is 7.42. The molecule has 0 bridgehead atoms. The fourth-order valence-electron chi connectivity index (χ4n) is 0. The number of aliphatic carboxylic acids is 1. The van der Waals surface area contributed by atoms with Gasteiger partial charge in [-0.2, -0.15) is 11.8 Å². The van der Waals surface area contributed by atoms with E-state index in [0.717, 1.165) is 6.92 Å². The van der Waals surface area contributed by atoms with Gasteiger partial charge < -0.3 is 13.4 Å². The first-order chi connectivity index (χ1) is 3.15. The Bertz CT molecular complexity index is 54.6. The minimum absolute atomic E-state index is 0. The molecule has 0 heterocycles. The van der Waals surface area contributed by atoms with E-state index < -0.39 is 5.97 Å². The largest absolute Gasteiger partial charge is 2.00 e. The van der Waals surface area contributed by atoms with Crippen LogP contribution in [0.15, 0.2) is 0 Å². The molecular formula is C4H14CaO3S. The maximum absolute atomic E-state index is 9.00. The molecule has 0 unspecified atom stereocenters. The van der Waals surface area contributed by atoms with E-state index in [1.54, 1.807) is 11.8 Å². The summed E-state index contributed by atoms with van der Waals surface area (Å²) in [5.74, 6) is -0.833. The molecule has 5 heteroatoms. The van der Waals surface area contributed by atoms with Crippen molar-refractivity contribution < 1.29 is 18.2 Å². The van der Waals surface area contributed by atoms with Gasteiger partial charge in [-0.1, -0.05) is 0 Å². The van der Waals surface area contributed by atoms with Crippen molar-refractivity contribution >= 4 is 55.5 Å². The molecule has 0 atom stereocenters. The maximum Gasteiger partial charge on any atom is 2.00 e. The van der Waals surface area contributed by atoms with Gasteiger partial charge in [-0.05, 0) is 12.5 Å². The van der Waals surface area contributed by atoms with Crippen LogP contribution < -0.4 is 0 Å². The molecule has 0 aliphatic carbocycles. The van der Waals surface area contributed by atoms with E-state index in [-0.39, 0.29) is 46.1 Å². The Morgan fingerprint density at radius 3 is 1.56 bits per heavy atom. The predicted molar refractivity (Wildman–Crippen MR) is 44.3 cm³/mol. The van der Waals surface area contributed by atoms with Crippen LogP contribution in [0.25, 0.3) is 0 Å². The molecule has 0 saturated carbocycles. The number of thioether (sulfide) groups is 1. The maximum atomic E-state index is 9.00. The zero-order chi connectivity index (χ0) is 6.28. The minimum atomic E-state index is -0.833. The second-order valence-electron chi connectivity index (χ2n) is 0.927. The number of hydrogen-bond donors (Lipinski definition) is 1. The monoisotopic (exact) mass is 182 g/mol. The fourth-order valence-corrected chi connectivity index (χ4v) is 0. The zero-order valence-corrected chi connectivity index (χ0v) is 9.00. The molecule has 0 amide bonds. The standard InChI is InChI=1S/C2H4O2.C2H6S.Ca.H2O.2H/c1-2(3)4;1-3-2;;;;/h1H3,(H,3,4);1-2H3;;1H2;;/q;;+2;;2*-1. The summed E-state index contributed by atoms with van der Waals surface area (Å²) in [6.07, 6.45) is 4.08. The third kappa shape index (κ3) is 414. The molecule has 0 aliphatic heterocycles. The molecule has 9 heavy (non-hydrogen) atoms. The molecule has 0 rings (SSSR count). The van der Waals surface area contributed by atoms with E-state index in [2.05, 4.69) is 0 Å². The van der Waals surface area contributed by atoms with Crippen LogP contribution in [-0.2, 0) is 4.79 Å². The van der Waals surface area contributed by atoms with E-state index >= 15 is 0 Å². The van der Waals surface area contributed by atoms with Crippen LogP contribution in [0.1, 0.15) is 9.78 Å². The molecule has 0 fully saturated rings. The molecule has 0 aromatic carbocycles. The Hall–Kier alpha value is 1.04. The van der Waals surface area contributed by atoms with Gasteiger partial charge in [0.25, 0.3) is 5.97 Å². The average molecular weight is 182 g/mol. The zero-order valence-electron chi connectivity index (χ0n) is 7.97. The second kappa shape index (κ2) is 23.0. The molecule has 3 N–H and O–H groups in total. The van der Waals surface area contributed by atoms with Crippen molar-refractivity contribution in [3.05, 3.63) is 0 Å². The first kappa shape index (κ1) is 22.5. The van der Waals surface area contributed by atoms with Gasteiger partial charge in [0.2, 0.25) is 0 Å². The topological polar surface area (TPSA) is 68.8 Å². The van der Waals surface area contributed by atoms with Crippen molar-refractivity contribution in [1.29, 1.82) is 0 Å². The van der Waals surface area contributed by atoms with E-state index in [4.69, 9.17) is 9.90 Å². The number of rotatable bonds is 0. The Morgan fingerprint density at radius 1 is 1.56 bits per heavy atom. The summed E-state index contributed by atoms with van der Waals surface area (Å²) < 4.78 is 0. The summed E-state index contributed by atoms with van der Waals surface area (Å²) >= 11 is 1.75. The summed E-state index contributed by atoms with van der Waals surface area (Å²) in [7, 11) is 0. The van der Waals surface area contributed by atoms with E-state index in [0.29, 0.717) is 0 Å². The molecule has 0 radical (unpaired) electrons. The Balaban J connectivity index is -0.00000000848. The number of carbonyl (C=O) groups is 1. The van der Waals surface area contributed by atoms with Gasteiger partial charge in [0.15, 0.2) is 0 Å². The fraction of sp³-hybridized carbons (Fsp3) is 0.750. The Labute approximate surface area is 92.5 Å². The molecule has 0 aliphatic rings. The molecule has 0 spiro atoms. The van der Waals surface area contributed by atoms with Gasteiger partial charge >= 0.3 is 37.7 Å². The average Bonchev–Trinajstić information content (AvgIpc) is 1.33. The Morgan fingerprint density at radius 2 is 1.56 bits per heavy atom. The normalized spacial score (nSPS) is 4.78. The summed E-state index contributed by atoms with van der Waals surface area (Å²) in [4.78, 5) is 9.00. The summed E-state index contributed by atoms with van der Waals surface area (Å²) in [6.45, 7) is 1.08. The van der Waals surface area contributed by atoms with Gasteiger partial charge in [0.05, 0.1) is 0 Å². The minimum Gasteiger partial charge on any atom is -1.00 e. The van der Waals surface area contributed by atoms with Gasteiger partial charge in [-0.3, -0.25) is 4.79 Å². The van der Waals surface area contributed by atoms with Crippen molar-refractivity contribution in [3.63, 3.8) is 0 Å².